The van der Waals surface area contributed by atoms with E-state index in [0.29, 0.717) is 45.0 Å². The maximum Gasteiger partial charge on any atom is 0.309 e. The van der Waals surface area contributed by atoms with Gasteiger partial charge in [-0.15, -0.1) is 11.8 Å². The Kier molecular flexibility index (Phi) is 6.26. The lowest BCUT2D eigenvalue weighted by Gasteiger charge is -2.14. The van der Waals surface area contributed by atoms with Crippen LogP contribution in [0.4, 0.5) is 17.6 Å². The molecule has 3 rings (SSSR count). The first-order valence-electron chi connectivity index (χ1n) is 7.98. The quantitative estimate of drug-likeness (QED) is 0.270. The number of rotatable bonds is 6. The van der Waals surface area contributed by atoms with Crippen molar-refractivity contribution in [3.05, 3.63) is 30.1 Å². The Morgan fingerprint density at radius 2 is 1.82 bits per heavy atom. The molecule has 0 fully saturated rings. The summed E-state index contributed by atoms with van der Waals surface area (Å²) < 4.78 is 55.5. The third kappa shape index (κ3) is 4.78. The summed E-state index contributed by atoms with van der Waals surface area (Å²) in [4.78, 5) is 10.3. The summed E-state index contributed by atoms with van der Waals surface area (Å²) in [6, 6.07) is 2.87. The Labute approximate surface area is 172 Å². The van der Waals surface area contributed by atoms with Crippen LogP contribution >= 0.6 is 42.0 Å². The van der Waals surface area contributed by atoms with Gasteiger partial charge in [0, 0.05) is 23.7 Å². The molecule has 0 aliphatic heterocycles. The van der Waals surface area contributed by atoms with Crippen LogP contribution in [-0.4, -0.2) is 30.3 Å². The lowest BCUT2D eigenvalue weighted by atomic mass is 10.2. The molecule has 3 aromatic rings. The highest BCUT2D eigenvalue weighted by molar-refractivity contribution is 8.03. The van der Waals surface area contributed by atoms with Crippen LogP contribution in [0.3, 0.4) is 0 Å². The summed E-state index contributed by atoms with van der Waals surface area (Å²) in [5, 5.41) is 0.131. The van der Waals surface area contributed by atoms with Gasteiger partial charge in [0.05, 0.1) is 17.2 Å². The van der Waals surface area contributed by atoms with Crippen molar-refractivity contribution < 1.29 is 17.6 Å². The fourth-order valence-corrected chi connectivity index (χ4v) is 4.41. The minimum absolute atomic E-state index is 0.131. The van der Waals surface area contributed by atoms with E-state index in [9.17, 15) is 17.6 Å². The SMILES string of the molecule is CCSc1cc(C(F)(F)P)cnc1-c1nc2cc(SC(F)(F)P)ncc2n1C. The molecule has 150 valence electrons. The molecule has 0 N–H and O–H groups in total. The molecule has 0 amide bonds. The van der Waals surface area contributed by atoms with Crippen molar-refractivity contribution in [2.24, 2.45) is 7.05 Å². The van der Waals surface area contributed by atoms with Gasteiger partial charge in [0.25, 0.3) is 5.66 Å². The molecule has 0 aliphatic rings. The van der Waals surface area contributed by atoms with Gasteiger partial charge in [0.1, 0.15) is 10.7 Å². The van der Waals surface area contributed by atoms with Gasteiger partial charge in [0.2, 0.25) is 0 Å². The van der Waals surface area contributed by atoms with Gasteiger partial charge in [-0.2, -0.15) is 17.6 Å². The van der Waals surface area contributed by atoms with E-state index in [1.807, 2.05) is 6.92 Å². The lowest BCUT2D eigenvalue weighted by Crippen LogP contribution is -2.05. The van der Waals surface area contributed by atoms with Gasteiger partial charge in [-0.05, 0) is 38.9 Å². The van der Waals surface area contributed by atoms with E-state index in [1.165, 1.54) is 48.6 Å². The molecule has 28 heavy (non-hydrogen) atoms. The Bertz CT molecular complexity index is 1020. The van der Waals surface area contributed by atoms with Gasteiger partial charge >= 0.3 is 5.00 Å². The summed E-state index contributed by atoms with van der Waals surface area (Å²) in [6.45, 7) is 1.91. The zero-order chi connectivity index (χ0) is 20.7. The molecule has 0 radical (unpaired) electrons. The molecule has 0 spiro atoms. The minimum atomic E-state index is -3.08. The average molecular weight is 466 g/mol. The molecule has 4 nitrogen and oxygen atoms in total. The van der Waals surface area contributed by atoms with Crippen LogP contribution in [0.1, 0.15) is 12.5 Å². The van der Waals surface area contributed by atoms with Crippen molar-refractivity contribution in [3.63, 3.8) is 0 Å². The van der Waals surface area contributed by atoms with Crippen LogP contribution < -0.4 is 0 Å². The fourth-order valence-electron chi connectivity index (χ4n) is 2.54. The van der Waals surface area contributed by atoms with E-state index in [1.54, 1.807) is 11.6 Å². The predicted octanol–water partition coefficient (Wildman–Crippen LogP) is 5.58. The number of halogens is 4. The van der Waals surface area contributed by atoms with Crippen LogP contribution in [0.25, 0.3) is 22.6 Å². The van der Waals surface area contributed by atoms with E-state index in [4.69, 9.17) is 0 Å². The molecule has 0 aliphatic carbocycles. The average Bonchev–Trinajstić information content (AvgIpc) is 2.89. The summed E-state index contributed by atoms with van der Waals surface area (Å²) in [5.41, 5.74) is -1.74. The second kappa shape index (κ2) is 8.05. The van der Waals surface area contributed by atoms with E-state index in [-0.39, 0.29) is 10.6 Å². The summed E-state index contributed by atoms with van der Waals surface area (Å²) in [5.74, 6) is 1.11. The third-order valence-corrected chi connectivity index (χ3v) is 6.03. The number of hydrogen-bond acceptors (Lipinski definition) is 5. The molecule has 12 heteroatoms. The zero-order valence-corrected chi connectivity index (χ0v) is 18.7. The Balaban J connectivity index is 2.11. The first-order valence-corrected chi connectivity index (χ1v) is 10.9. The summed E-state index contributed by atoms with van der Waals surface area (Å²) in [6.07, 6.45) is 2.58. The van der Waals surface area contributed by atoms with E-state index in [0.717, 1.165) is 6.20 Å². The molecule has 3 heterocycles. The second-order valence-electron chi connectivity index (χ2n) is 5.80. The fraction of sp³-hybridized carbons (Fsp3) is 0.312. The number of nitrogens with zero attached hydrogens (tertiary/aromatic N) is 4. The van der Waals surface area contributed by atoms with Gasteiger partial charge in [0.15, 0.2) is 5.82 Å². The van der Waals surface area contributed by atoms with Crippen molar-refractivity contribution in [1.82, 2.24) is 19.5 Å². The number of aromatic nitrogens is 4. The van der Waals surface area contributed by atoms with Gasteiger partial charge in [-0.3, -0.25) is 4.98 Å². The predicted molar refractivity (Wildman–Crippen MR) is 112 cm³/mol. The van der Waals surface area contributed by atoms with Gasteiger partial charge in [-0.1, -0.05) is 16.2 Å². The number of thioether (sulfide) groups is 2. The van der Waals surface area contributed by atoms with Crippen LogP contribution in [0.5, 0.6) is 0 Å². The number of pyridine rings is 2. The molecular formula is C16H16F4N4P2S2. The first-order chi connectivity index (χ1) is 13.0. The standard InChI is InChI=1S/C16H16F4N4P2S2/c1-3-27-11-4-8(15(17,18)25)6-22-13(11)14-23-9-5-12(28-16(19,20)26)21-7-10(9)24(14)2/h4-7H,3,25-26H2,1-2H3. The number of fused-ring (bicyclic) bond motifs is 1. The molecule has 0 bridgehead atoms. The van der Waals surface area contributed by atoms with Crippen molar-refractivity contribution in [3.8, 4) is 11.5 Å². The van der Waals surface area contributed by atoms with Crippen molar-refractivity contribution in [1.29, 1.82) is 0 Å². The van der Waals surface area contributed by atoms with Crippen molar-refractivity contribution >= 4 is 53.0 Å². The largest absolute Gasteiger partial charge is 0.325 e. The topological polar surface area (TPSA) is 43.6 Å². The van der Waals surface area contributed by atoms with Crippen LogP contribution in [0, 0.1) is 0 Å². The van der Waals surface area contributed by atoms with Crippen LogP contribution in [-0.2, 0) is 12.7 Å². The molecule has 3 aromatic heterocycles. The van der Waals surface area contributed by atoms with Gasteiger partial charge < -0.3 is 4.57 Å². The van der Waals surface area contributed by atoms with E-state index in [2.05, 4.69) is 15.0 Å². The van der Waals surface area contributed by atoms with Crippen molar-refractivity contribution in [2.75, 3.05) is 5.75 Å². The number of alkyl halides is 4. The normalized spacial score (nSPS) is 12.7. The molecule has 0 saturated carbocycles. The molecular weight excluding hydrogens is 450 g/mol. The van der Waals surface area contributed by atoms with Crippen LogP contribution in [0.2, 0.25) is 0 Å². The van der Waals surface area contributed by atoms with Gasteiger partial charge in [-0.25, -0.2) is 9.97 Å². The minimum Gasteiger partial charge on any atom is -0.325 e. The summed E-state index contributed by atoms with van der Waals surface area (Å²) in [7, 11) is 4.70. The smallest absolute Gasteiger partial charge is 0.309 e. The lowest BCUT2D eigenvalue weighted by molar-refractivity contribution is 0.103. The van der Waals surface area contributed by atoms with Crippen LogP contribution in [0.15, 0.2) is 34.4 Å². The first kappa shape index (κ1) is 21.8. The summed E-state index contributed by atoms with van der Waals surface area (Å²) >= 11 is 1.68. The number of hydrogen-bond donors (Lipinski definition) is 0. The maximum atomic E-state index is 13.7. The highest BCUT2D eigenvalue weighted by atomic mass is 32.2. The molecule has 0 saturated heterocycles. The number of imidazole rings is 1. The number of aryl methyl sites for hydroxylation is 1. The Hall–Kier alpha value is -0.950. The monoisotopic (exact) mass is 466 g/mol. The van der Waals surface area contributed by atoms with Crippen molar-refractivity contribution in [2.45, 2.75) is 27.5 Å². The van der Waals surface area contributed by atoms with E-state index < -0.39 is 10.7 Å². The highest BCUT2D eigenvalue weighted by Crippen LogP contribution is 2.41. The Morgan fingerprint density at radius 1 is 1.11 bits per heavy atom. The molecule has 2 atom stereocenters. The maximum absolute atomic E-state index is 13.7. The highest BCUT2D eigenvalue weighted by Gasteiger charge is 2.28. The van der Waals surface area contributed by atoms with E-state index >= 15 is 0 Å². The molecule has 0 aromatic carbocycles. The molecule has 2 unspecified atom stereocenters. The third-order valence-electron chi connectivity index (χ3n) is 3.73. The zero-order valence-electron chi connectivity index (χ0n) is 14.8. The Morgan fingerprint density at radius 3 is 2.43 bits per heavy atom. The second-order valence-corrected chi connectivity index (χ2v) is 10.1.